The zero-order valence-corrected chi connectivity index (χ0v) is 14.4. The molecule has 0 amide bonds. The van der Waals surface area contributed by atoms with Gasteiger partial charge in [0, 0.05) is 43.2 Å². The molecule has 0 radical (unpaired) electrons. The van der Waals surface area contributed by atoms with E-state index in [1.165, 1.54) is 13.4 Å². The second kappa shape index (κ2) is 5.87. The van der Waals surface area contributed by atoms with Crippen LogP contribution in [0.15, 0.2) is 24.5 Å². The molecule has 1 aromatic carbocycles. The average Bonchev–Trinajstić information content (AvgIpc) is 3.20. The summed E-state index contributed by atoms with van der Waals surface area (Å²) in [5.74, 6) is -0.0570. The van der Waals surface area contributed by atoms with E-state index in [0.29, 0.717) is 30.9 Å². The average molecular weight is 355 g/mol. The second-order valence-electron chi connectivity index (χ2n) is 6.23. The first-order valence-electron chi connectivity index (χ1n) is 8.12. The number of nitro groups is 1. The number of benzene rings is 1. The normalized spacial score (nSPS) is 13.7. The highest BCUT2D eigenvalue weighted by Crippen LogP contribution is 2.34. The lowest BCUT2D eigenvalue weighted by Gasteiger charge is -2.28. The number of methoxy groups -OCH3 is 1. The predicted octanol–water partition coefficient (Wildman–Crippen LogP) is 2.16. The third kappa shape index (κ3) is 2.32. The van der Waals surface area contributed by atoms with Gasteiger partial charge in [-0.25, -0.2) is 4.79 Å². The van der Waals surface area contributed by atoms with Crippen molar-refractivity contribution >= 4 is 28.5 Å². The summed E-state index contributed by atoms with van der Waals surface area (Å²) < 4.78 is 6.52. The lowest BCUT2D eigenvalue weighted by Crippen LogP contribution is -2.31. The smallest absolute Gasteiger partial charge is 0.406 e. The van der Waals surface area contributed by atoms with Crippen LogP contribution in [0.25, 0.3) is 10.9 Å². The van der Waals surface area contributed by atoms with Crippen molar-refractivity contribution in [3.8, 4) is 0 Å². The lowest BCUT2D eigenvalue weighted by atomic mass is 10.0. The molecule has 2 aromatic heterocycles. The number of carbonyl (C=O) groups is 1. The van der Waals surface area contributed by atoms with Crippen LogP contribution in [0.3, 0.4) is 0 Å². The molecular weight excluding hydrogens is 338 g/mol. The SMILES string of the molecule is COC(=O)c1cccc2c3c([nH]c12)CCN(c1c([N+](=O)[O-])ncn1C)C3. The minimum absolute atomic E-state index is 0.147. The van der Waals surface area contributed by atoms with Crippen LogP contribution >= 0.6 is 0 Å². The van der Waals surface area contributed by atoms with Crippen LogP contribution in [0, 0.1) is 10.1 Å². The summed E-state index contributed by atoms with van der Waals surface area (Å²) in [6.07, 6.45) is 2.14. The quantitative estimate of drug-likeness (QED) is 0.438. The van der Waals surface area contributed by atoms with Crippen LogP contribution in [0.2, 0.25) is 0 Å². The minimum atomic E-state index is -0.463. The third-order valence-electron chi connectivity index (χ3n) is 4.78. The highest BCUT2D eigenvalue weighted by Gasteiger charge is 2.30. The number of esters is 1. The van der Waals surface area contributed by atoms with Gasteiger partial charge in [0.2, 0.25) is 12.1 Å². The van der Waals surface area contributed by atoms with Crippen LogP contribution in [0.1, 0.15) is 21.6 Å². The van der Waals surface area contributed by atoms with E-state index < -0.39 is 10.9 Å². The van der Waals surface area contributed by atoms with Crippen LogP contribution in [0.5, 0.6) is 0 Å². The fraction of sp³-hybridized carbons (Fsp3) is 0.294. The number of carbonyl (C=O) groups excluding carboxylic acids is 1. The van der Waals surface area contributed by atoms with Crippen LogP contribution in [0.4, 0.5) is 11.6 Å². The van der Waals surface area contributed by atoms with Gasteiger partial charge >= 0.3 is 11.8 Å². The minimum Gasteiger partial charge on any atom is -0.465 e. The number of H-pyrrole nitrogens is 1. The zero-order valence-electron chi connectivity index (χ0n) is 14.4. The molecule has 3 heterocycles. The Morgan fingerprint density at radius 1 is 1.42 bits per heavy atom. The van der Waals surface area contributed by atoms with E-state index in [9.17, 15) is 14.9 Å². The molecule has 0 aliphatic carbocycles. The van der Waals surface area contributed by atoms with Gasteiger partial charge < -0.3 is 24.7 Å². The van der Waals surface area contributed by atoms with Gasteiger partial charge in [-0.3, -0.25) is 4.57 Å². The molecule has 0 saturated carbocycles. The van der Waals surface area contributed by atoms with Crippen molar-refractivity contribution in [3.63, 3.8) is 0 Å². The van der Waals surface area contributed by atoms with E-state index >= 15 is 0 Å². The van der Waals surface area contributed by atoms with Crippen molar-refractivity contribution in [1.82, 2.24) is 14.5 Å². The Labute approximate surface area is 148 Å². The fourth-order valence-corrected chi connectivity index (χ4v) is 3.60. The second-order valence-corrected chi connectivity index (χ2v) is 6.23. The van der Waals surface area contributed by atoms with E-state index in [0.717, 1.165) is 22.2 Å². The summed E-state index contributed by atoms with van der Waals surface area (Å²) in [6, 6.07) is 5.48. The Morgan fingerprint density at radius 2 is 2.23 bits per heavy atom. The number of hydrogen-bond acceptors (Lipinski definition) is 6. The number of hydrogen-bond donors (Lipinski definition) is 1. The maximum atomic E-state index is 12.0. The van der Waals surface area contributed by atoms with E-state index in [2.05, 4.69) is 9.97 Å². The molecule has 9 nitrogen and oxygen atoms in total. The maximum Gasteiger partial charge on any atom is 0.406 e. The number of para-hydroxylation sites is 1. The summed E-state index contributed by atoms with van der Waals surface area (Å²) >= 11 is 0. The summed E-state index contributed by atoms with van der Waals surface area (Å²) in [4.78, 5) is 32.0. The molecule has 0 atom stereocenters. The monoisotopic (exact) mass is 355 g/mol. The molecule has 1 N–H and O–H groups in total. The van der Waals surface area contributed by atoms with Crippen LogP contribution in [-0.4, -0.2) is 39.1 Å². The van der Waals surface area contributed by atoms with Gasteiger partial charge in [0.25, 0.3) is 0 Å². The van der Waals surface area contributed by atoms with Gasteiger partial charge in [0.1, 0.15) is 0 Å². The van der Waals surface area contributed by atoms with E-state index in [1.807, 2.05) is 17.0 Å². The molecule has 1 aliphatic heterocycles. The number of aryl methyl sites for hydroxylation is 1. The van der Waals surface area contributed by atoms with Crippen molar-refractivity contribution < 1.29 is 14.5 Å². The summed E-state index contributed by atoms with van der Waals surface area (Å²) in [5.41, 5.74) is 3.30. The molecule has 0 spiro atoms. The molecule has 0 fully saturated rings. The van der Waals surface area contributed by atoms with Crippen molar-refractivity contribution in [2.45, 2.75) is 13.0 Å². The topological polar surface area (TPSA) is 106 Å². The zero-order chi connectivity index (χ0) is 18.4. The highest BCUT2D eigenvalue weighted by atomic mass is 16.6. The third-order valence-corrected chi connectivity index (χ3v) is 4.78. The molecule has 134 valence electrons. The molecule has 1 aliphatic rings. The van der Waals surface area contributed by atoms with Crippen molar-refractivity contribution in [2.75, 3.05) is 18.6 Å². The Morgan fingerprint density at radius 3 is 2.96 bits per heavy atom. The first-order valence-corrected chi connectivity index (χ1v) is 8.12. The molecular formula is C17H17N5O4. The number of aromatic amines is 1. The fourth-order valence-electron chi connectivity index (χ4n) is 3.60. The molecule has 3 aromatic rings. The van der Waals surface area contributed by atoms with Crippen LogP contribution in [-0.2, 0) is 24.8 Å². The summed E-state index contributed by atoms with van der Waals surface area (Å²) in [6.45, 7) is 1.12. The van der Waals surface area contributed by atoms with Gasteiger partial charge in [0.15, 0.2) is 0 Å². The highest BCUT2D eigenvalue weighted by molar-refractivity contribution is 6.04. The Balaban J connectivity index is 1.79. The first kappa shape index (κ1) is 16.1. The maximum absolute atomic E-state index is 12.0. The Hall–Kier alpha value is -3.36. The molecule has 4 rings (SSSR count). The van der Waals surface area contributed by atoms with Gasteiger partial charge in [-0.15, -0.1) is 0 Å². The largest absolute Gasteiger partial charge is 0.465 e. The number of nitrogens with one attached hydrogen (secondary N) is 1. The van der Waals surface area contributed by atoms with E-state index in [4.69, 9.17) is 4.74 Å². The van der Waals surface area contributed by atoms with E-state index in [1.54, 1.807) is 17.7 Å². The van der Waals surface area contributed by atoms with Crippen molar-refractivity contribution in [3.05, 3.63) is 51.5 Å². The number of aromatic nitrogens is 3. The number of anilines is 1. The van der Waals surface area contributed by atoms with Gasteiger partial charge in [-0.1, -0.05) is 12.1 Å². The van der Waals surface area contributed by atoms with Gasteiger partial charge in [0.05, 0.1) is 18.2 Å². The molecule has 0 saturated heterocycles. The molecule has 0 unspecified atom stereocenters. The van der Waals surface area contributed by atoms with Crippen molar-refractivity contribution in [2.24, 2.45) is 7.05 Å². The lowest BCUT2D eigenvalue weighted by molar-refractivity contribution is -0.388. The molecule has 0 bridgehead atoms. The number of imidazole rings is 1. The Kier molecular flexibility index (Phi) is 3.64. The van der Waals surface area contributed by atoms with Crippen molar-refractivity contribution in [1.29, 1.82) is 0 Å². The Bertz CT molecular complexity index is 1040. The number of rotatable bonds is 3. The van der Waals surface area contributed by atoms with Crippen LogP contribution < -0.4 is 4.90 Å². The predicted molar refractivity (Wildman–Crippen MR) is 94.3 cm³/mol. The van der Waals surface area contributed by atoms with E-state index in [-0.39, 0.29) is 5.82 Å². The molecule has 26 heavy (non-hydrogen) atoms. The number of ether oxygens (including phenoxy) is 1. The molecule has 9 heteroatoms. The standard InChI is InChI=1S/C17H17N5O4/c1-20-9-18-15(22(24)25)16(20)21-7-6-13-12(8-21)10-4-3-5-11(14(10)19-13)17(23)26-2/h3-5,9,19H,6-8H2,1-2H3. The van der Waals surface area contributed by atoms with Gasteiger partial charge in [-0.2, -0.15) is 0 Å². The number of nitrogens with zero attached hydrogens (tertiary/aromatic N) is 4. The summed E-state index contributed by atoms with van der Waals surface area (Å²) in [7, 11) is 3.10. The number of fused-ring (bicyclic) bond motifs is 3. The first-order chi connectivity index (χ1) is 12.5. The summed E-state index contributed by atoms with van der Waals surface area (Å²) in [5, 5.41) is 12.2. The van der Waals surface area contributed by atoms with Gasteiger partial charge in [-0.05, 0) is 16.0 Å².